The monoisotopic (exact) mass is 377 g/mol. The third-order valence-corrected chi connectivity index (χ3v) is 2.78. The molecule has 1 aromatic heterocycles. The molecule has 0 saturated carbocycles. The highest BCUT2D eigenvalue weighted by molar-refractivity contribution is 9.08. The molecular weight excluding hydrogens is 369 g/mol. The SMILES string of the molecule is CCOC(=O)c1cnc(C(F)F)c(OC(F)(F)F)c1CBr. The number of hydrogen-bond acceptors (Lipinski definition) is 4. The molecule has 1 aromatic rings. The van der Waals surface area contributed by atoms with Gasteiger partial charge in [-0.25, -0.2) is 13.6 Å². The zero-order valence-electron chi connectivity index (χ0n) is 10.5. The van der Waals surface area contributed by atoms with Crippen molar-refractivity contribution >= 4 is 21.9 Å². The van der Waals surface area contributed by atoms with E-state index in [0.717, 1.165) is 6.20 Å². The van der Waals surface area contributed by atoms with E-state index in [1.807, 2.05) is 0 Å². The van der Waals surface area contributed by atoms with E-state index in [-0.39, 0.29) is 17.5 Å². The first-order valence-corrected chi connectivity index (χ1v) is 6.62. The van der Waals surface area contributed by atoms with Crippen molar-refractivity contribution in [3.63, 3.8) is 0 Å². The van der Waals surface area contributed by atoms with Gasteiger partial charge in [0, 0.05) is 17.1 Å². The molecule has 0 bridgehead atoms. The van der Waals surface area contributed by atoms with E-state index >= 15 is 0 Å². The van der Waals surface area contributed by atoms with Crippen LogP contribution in [-0.2, 0) is 10.1 Å². The number of rotatable bonds is 5. The Morgan fingerprint density at radius 3 is 2.48 bits per heavy atom. The van der Waals surface area contributed by atoms with Crippen LogP contribution >= 0.6 is 15.9 Å². The Labute approximate surface area is 124 Å². The third-order valence-electron chi connectivity index (χ3n) is 2.22. The topological polar surface area (TPSA) is 48.4 Å². The molecule has 10 heteroatoms. The molecule has 1 rings (SSSR count). The minimum Gasteiger partial charge on any atom is -0.462 e. The summed E-state index contributed by atoms with van der Waals surface area (Å²) in [5.41, 5.74) is -1.98. The number of pyridine rings is 1. The quantitative estimate of drug-likeness (QED) is 0.442. The van der Waals surface area contributed by atoms with E-state index in [9.17, 15) is 26.7 Å². The van der Waals surface area contributed by atoms with Crippen LogP contribution in [0.3, 0.4) is 0 Å². The molecule has 0 aliphatic heterocycles. The second-order valence-corrected chi connectivity index (χ2v) is 4.13. The predicted molar refractivity (Wildman–Crippen MR) is 64.5 cm³/mol. The van der Waals surface area contributed by atoms with Gasteiger partial charge in [-0.2, -0.15) is 0 Å². The van der Waals surface area contributed by atoms with Crippen molar-refractivity contribution in [1.82, 2.24) is 4.98 Å². The number of nitrogens with zero attached hydrogens (tertiary/aromatic N) is 1. The van der Waals surface area contributed by atoms with Gasteiger partial charge in [0.05, 0.1) is 12.2 Å². The molecule has 0 amide bonds. The lowest BCUT2D eigenvalue weighted by Gasteiger charge is -2.17. The van der Waals surface area contributed by atoms with Crippen LogP contribution in [0, 0.1) is 0 Å². The van der Waals surface area contributed by atoms with Crippen molar-refractivity contribution in [3.8, 4) is 5.75 Å². The summed E-state index contributed by atoms with van der Waals surface area (Å²) in [6.07, 6.45) is -7.76. The molecule has 21 heavy (non-hydrogen) atoms. The third kappa shape index (κ3) is 4.51. The zero-order valence-corrected chi connectivity index (χ0v) is 12.1. The van der Waals surface area contributed by atoms with Crippen LogP contribution in [-0.4, -0.2) is 23.9 Å². The van der Waals surface area contributed by atoms with E-state index in [1.54, 1.807) is 0 Å². The average Bonchev–Trinajstić information content (AvgIpc) is 2.36. The molecule has 118 valence electrons. The summed E-state index contributed by atoms with van der Waals surface area (Å²) in [6, 6.07) is 0. The first-order valence-electron chi connectivity index (χ1n) is 5.50. The fourth-order valence-corrected chi connectivity index (χ4v) is 2.01. The van der Waals surface area contributed by atoms with Crippen molar-refractivity contribution in [3.05, 3.63) is 23.0 Å². The molecule has 0 aliphatic carbocycles. The van der Waals surface area contributed by atoms with Gasteiger partial charge in [-0.3, -0.25) is 4.98 Å². The molecule has 0 aliphatic rings. The Bertz CT molecular complexity index is 521. The van der Waals surface area contributed by atoms with Crippen molar-refractivity contribution in [2.45, 2.75) is 25.0 Å². The van der Waals surface area contributed by atoms with E-state index in [4.69, 9.17) is 0 Å². The first-order chi connectivity index (χ1) is 9.71. The molecule has 4 nitrogen and oxygen atoms in total. The van der Waals surface area contributed by atoms with Gasteiger partial charge in [0.15, 0.2) is 5.75 Å². The van der Waals surface area contributed by atoms with E-state index in [0.29, 0.717) is 0 Å². The Hall–Kier alpha value is -1.45. The molecular formula is C11H9BrF5NO3. The number of carbonyl (C=O) groups excluding carboxylic acids is 1. The lowest BCUT2D eigenvalue weighted by molar-refractivity contribution is -0.275. The van der Waals surface area contributed by atoms with Gasteiger partial charge in [-0.05, 0) is 6.92 Å². The molecule has 0 N–H and O–H groups in total. The molecule has 0 fully saturated rings. The van der Waals surface area contributed by atoms with Gasteiger partial charge in [0.2, 0.25) is 0 Å². The lowest BCUT2D eigenvalue weighted by atomic mass is 10.1. The molecule has 0 radical (unpaired) electrons. The Morgan fingerprint density at radius 2 is 2.05 bits per heavy atom. The van der Waals surface area contributed by atoms with Gasteiger partial charge in [-0.15, -0.1) is 13.2 Å². The second-order valence-electron chi connectivity index (χ2n) is 3.57. The number of alkyl halides is 6. The smallest absolute Gasteiger partial charge is 0.462 e. The van der Waals surface area contributed by atoms with Crippen LogP contribution in [0.5, 0.6) is 5.75 Å². The maximum absolute atomic E-state index is 12.8. The average molecular weight is 378 g/mol. The van der Waals surface area contributed by atoms with E-state index in [2.05, 4.69) is 30.4 Å². The van der Waals surface area contributed by atoms with Crippen molar-refractivity contribution in [1.29, 1.82) is 0 Å². The fraction of sp³-hybridized carbons (Fsp3) is 0.455. The van der Waals surface area contributed by atoms with Gasteiger partial charge >= 0.3 is 12.3 Å². The lowest BCUT2D eigenvalue weighted by Crippen LogP contribution is -2.21. The molecule has 1 heterocycles. The normalized spacial score (nSPS) is 11.6. The number of hydrogen-bond donors (Lipinski definition) is 0. The second kappa shape index (κ2) is 7.01. The van der Waals surface area contributed by atoms with Gasteiger partial charge in [0.25, 0.3) is 6.43 Å². The summed E-state index contributed by atoms with van der Waals surface area (Å²) >= 11 is 2.84. The first kappa shape index (κ1) is 17.6. The van der Waals surface area contributed by atoms with Gasteiger partial charge < -0.3 is 9.47 Å². The van der Waals surface area contributed by atoms with E-state index < -0.39 is 35.8 Å². The van der Waals surface area contributed by atoms with Crippen LogP contribution in [0.25, 0.3) is 0 Å². The maximum Gasteiger partial charge on any atom is 0.573 e. The summed E-state index contributed by atoms with van der Waals surface area (Å²) in [5.74, 6) is -2.17. The highest BCUT2D eigenvalue weighted by Crippen LogP contribution is 2.37. The number of halogens is 6. The molecule has 0 aromatic carbocycles. The summed E-state index contributed by atoms with van der Waals surface area (Å²) < 4.78 is 70.8. The number of aromatic nitrogens is 1. The Balaban J connectivity index is 3.45. The fourth-order valence-electron chi connectivity index (χ4n) is 1.45. The van der Waals surface area contributed by atoms with E-state index in [1.165, 1.54) is 6.92 Å². The Morgan fingerprint density at radius 1 is 1.43 bits per heavy atom. The minimum absolute atomic E-state index is 0.0351. The van der Waals surface area contributed by atoms with Crippen molar-refractivity contribution in [2.75, 3.05) is 6.61 Å². The Kier molecular flexibility index (Phi) is 5.87. The van der Waals surface area contributed by atoms with Crippen LogP contribution in [0.2, 0.25) is 0 Å². The highest BCUT2D eigenvalue weighted by Gasteiger charge is 2.36. The van der Waals surface area contributed by atoms with Crippen molar-refractivity contribution < 1.29 is 36.2 Å². The number of ether oxygens (including phenoxy) is 2. The van der Waals surface area contributed by atoms with Gasteiger partial charge in [-0.1, -0.05) is 15.9 Å². The van der Waals surface area contributed by atoms with Crippen LogP contribution in [0.4, 0.5) is 22.0 Å². The zero-order chi connectivity index (χ0) is 16.2. The molecule has 0 unspecified atom stereocenters. The van der Waals surface area contributed by atoms with Crippen LogP contribution in [0.1, 0.15) is 35.0 Å². The van der Waals surface area contributed by atoms with Gasteiger partial charge in [0.1, 0.15) is 5.69 Å². The summed E-state index contributed by atoms with van der Waals surface area (Å²) in [6.45, 7) is 1.45. The summed E-state index contributed by atoms with van der Waals surface area (Å²) in [4.78, 5) is 14.8. The summed E-state index contributed by atoms with van der Waals surface area (Å²) in [7, 11) is 0. The molecule has 0 spiro atoms. The van der Waals surface area contributed by atoms with Crippen LogP contribution < -0.4 is 4.74 Å². The van der Waals surface area contributed by atoms with Crippen LogP contribution in [0.15, 0.2) is 6.20 Å². The molecule has 0 atom stereocenters. The number of carbonyl (C=O) groups is 1. The standard InChI is InChI=1S/C11H9BrF5NO3/c1-2-20-10(19)6-4-18-7(9(13)14)8(5(6)3-12)21-11(15,16)17/h4,9H,2-3H2,1H3. The largest absolute Gasteiger partial charge is 0.573 e. The van der Waals surface area contributed by atoms with Crippen molar-refractivity contribution in [2.24, 2.45) is 0 Å². The number of esters is 1. The minimum atomic E-state index is -5.20. The maximum atomic E-state index is 12.8. The molecule has 0 saturated heterocycles. The highest BCUT2D eigenvalue weighted by atomic mass is 79.9. The summed E-state index contributed by atoms with van der Waals surface area (Å²) in [5, 5.41) is -0.325. The predicted octanol–water partition coefficient (Wildman–Crippen LogP) is 3.99.